The van der Waals surface area contributed by atoms with Gasteiger partial charge < -0.3 is 10.2 Å². The second-order valence-electron chi connectivity index (χ2n) is 7.12. The van der Waals surface area contributed by atoms with Crippen molar-refractivity contribution in [2.75, 3.05) is 12.4 Å². The van der Waals surface area contributed by atoms with E-state index in [9.17, 15) is 9.59 Å². The van der Waals surface area contributed by atoms with Crippen molar-refractivity contribution in [3.05, 3.63) is 69.2 Å². The molecule has 0 saturated carbocycles. The summed E-state index contributed by atoms with van der Waals surface area (Å²) in [5.74, 6) is 0.402. The summed E-state index contributed by atoms with van der Waals surface area (Å²) in [6.45, 7) is 2.26. The van der Waals surface area contributed by atoms with Crippen LogP contribution in [0.25, 0.3) is 10.9 Å². The van der Waals surface area contributed by atoms with E-state index >= 15 is 0 Å². The Morgan fingerprint density at radius 3 is 2.68 bits per heavy atom. The van der Waals surface area contributed by atoms with Crippen LogP contribution in [-0.4, -0.2) is 38.7 Å². The molecule has 0 radical (unpaired) electrons. The number of aromatic nitrogens is 3. The molecular weight excluding hydrogens is 430 g/mol. The van der Waals surface area contributed by atoms with E-state index in [4.69, 9.17) is 0 Å². The van der Waals surface area contributed by atoms with Crippen LogP contribution in [0.5, 0.6) is 0 Å². The summed E-state index contributed by atoms with van der Waals surface area (Å²) in [5, 5.41) is 8.04. The first-order chi connectivity index (χ1) is 15.0. The Hall–Kier alpha value is -3.17. The maximum atomic E-state index is 12.7. The molecular formula is C22H21N5O2S2. The highest BCUT2D eigenvalue weighted by molar-refractivity contribution is 7.14. The summed E-state index contributed by atoms with van der Waals surface area (Å²) in [6, 6.07) is 11.7. The Morgan fingerprint density at radius 1 is 1.03 bits per heavy atom. The maximum Gasteiger partial charge on any atom is 0.231 e. The van der Waals surface area contributed by atoms with Crippen LogP contribution in [0.2, 0.25) is 0 Å². The van der Waals surface area contributed by atoms with Gasteiger partial charge in [0.05, 0.1) is 30.6 Å². The minimum Gasteiger partial charge on any atom is -0.338 e. The number of carbonyl (C=O) groups is 2. The lowest BCUT2D eigenvalue weighted by Gasteiger charge is -2.16. The Bertz CT molecular complexity index is 1220. The van der Waals surface area contributed by atoms with E-state index in [1.807, 2.05) is 48.7 Å². The van der Waals surface area contributed by atoms with Crippen molar-refractivity contribution in [3.63, 3.8) is 0 Å². The molecule has 0 spiro atoms. The van der Waals surface area contributed by atoms with Crippen LogP contribution in [0, 0.1) is 6.92 Å². The third-order valence-electron chi connectivity index (χ3n) is 4.69. The molecule has 4 aromatic rings. The summed E-state index contributed by atoms with van der Waals surface area (Å²) in [7, 11) is 1.73. The molecule has 158 valence electrons. The molecule has 1 N–H and O–H groups in total. The molecule has 7 nitrogen and oxygen atoms in total. The molecule has 0 atom stereocenters. The van der Waals surface area contributed by atoms with Crippen molar-refractivity contribution >= 4 is 50.5 Å². The van der Waals surface area contributed by atoms with Gasteiger partial charge >= 0.3 is 0 Å². The van der Waals surface area contributed by atoms with Crippen LogP contribution >= 0.6 is 22.7 Å². The van der Waals surface area contributed by atoms with Gasteiger partial charge in [-0.3, -0.25) is 9.59 Å². The molecule has 9 heteroatoms. The van der Waals surface area contributed by atoms with E-state index in [0.29, 0.717) is 29.6 Å². The van der Waals surface area contributed by atoms with E-state index in [1.165, 1.54) is 11.3 Å². The van der Waals surface area contributed by atoms with Crippen LogP contribution in [0.4, 0.5) is 5.13 Å². The molecule has 3 heterocycles. The van der Waals surface area contributed by atoms with Crippen LogP contribution in [0.3, 0.4) is 0 Å². The zero-order chi connectivity index (χ0) is 21.8. The van der Waals surface area contributed by atoms with Crippen molar-refractivity contribution in [1.29, 1.82) is 0 Å². The first kappa shape index (κ1) is 21.1. The van der Waals surface area contributed by atoms with E-state index in [-0.39, 0.29) is 18.2 Å². The number of anilines is 1. The number of hydrogen-bond acceptors (Lipinski definition) is 7. The van der Waals surface area contributed by atoms with Crippen LogP contribution in [0.1, 0.15) is 22.1 Å². The van der Waals surface area contributed by atoms with Gasteiger partial charge in [-0.05, 0) is 24.4 Å². The number of nitrogens with one attached hydrogen (secondary N) is 1. The van der Waals surface area contributed by atoms with Gasteiger partial charge in [-0.2, -0.15) is 0 Å². The van der Waals surface area contributed by atoms with Crippen molar-refractivity contribution < 1.29 is 9.59 Å². The lowest BCUT2D eigenvalue weighted by molar-refractivity contribution is -0.129. The second kappa shape index (κ2) is 9.32. The highest BCUT2D eigenvalue weighted by Gasteiger charge is 2.15. The predicted octanol–water partition coefficient (Wildman–Crippen LogP) is 3.84. The van der Waals surface area contributed by atoms with Gasteiger partial charge in [-0.15, -0.1) is 22.7 Å². The number of benzene rings is 1. The number of aryl methyl sites for hydroxylation is 1. The van der Waals surface area contributed by atoms with E-state index in [1.54, 1.807) is 28.7 Å². The first-order valence-corrected chi connectivity index (χ1v) is 11.5. The summed E-state index contributed by atoms with van der Waals surface area (Å²) in [5.41, 5.74) is 2.39. The van der Waals surface area contributed by atoms with Crippen LogP contribution in [-0.2, 0) is 29.0 Å². The topological polar surface area (TPSA) is 88.1 Å². The van der Waals surface area contributed by atoms with Gasteiger partial charge in [-0.1, -0.05) is 24.3 Å². The molecule has 0 aliphatic rings. The number of amides is 2. The number of hydrogen-bond donors (Lipinski definition) is 1. The fourth-order valence-corrected chi connectivity index (χ4v) is 4.57. The number of carbonyl (C=O) groups excluding carboxylic acids is 2. The molecule has 0 bridgehead atoms. The Kier molecular flexibility index (Phi) is 6.34. The highest BCUT2D eigenvalue weighted by Crippen LogP contribution is 2.18. The van der Waals surface area contributed by atoms with Crippen molar-refractivity contribution in [3.8, 4) is 0 Å². The fraction of sp³-hybridized carbons (Fsp3) is 0.227. The lowest BCUT2D eigenvalue weighted by Crippen LogP contribution is -2.28. The lowest BCUT2D eigenvalue weighted by atomic mass is 10.2. The van der Waals surface area contributed by atoms with Gasteiger partial charge in [0, 0.05) is 28.4 Å². The zero-order valence-electron chi connectivity index (χ0n) is 17.2. The average molecular weight is 452 g/mol. The van der Waals surface area contributed by atoms with Gasteiger partial charge in [0.2, 0.25) is 11.8 Å². The normalized spacial score (nSPS) is 10.9. The monoisotopic (exact) mass is 451 g/mol. The third-order valence-corrected chi connectivity index (χ3v) is 6.37. The Balaban J connectivity index is 1.34. The number of fused-ring (bicyclic) bond motifs is 1. The van der Waals surface area contributed by atoms with Crippen molar-refractivity contribution in [1.82, 2.24) is 19.9 Å². The molecule has 3 aromatic heterocycles. The standard InChI is InChI=1S/C22H21N5O2S2/c1-14-17-7-3-4-8-18(17)25-19(23-14)12-27(2)21(29)10-15-13-31-22(24-15)26-20(28)11-16-6-5-9-30-16/h3-9,13H,10-12H2,1-2H3,(H,24,26,28). The Morgan fingerprint density at radius 2 is 1.87 bits per heavy atom. The SMILES string of the molecule is Cc1nc(CN(C)C(=O)Cc2csc(NC(=O)Cc3cccs3)n2)nc2ccccc12. The molecule has 0 unspecified atom stereocenters. The van der Waals surface area contributed by atoms with Gasteiger partial charge in [0.15, 0.2) is 5.13 Å². The third kappa shape index (κ3) is 5.31. The number of likely N-dealkylation sites (N-methyl/N-ethyl adjacent to an activating group) is 1. The summed E-state index contributed by atoms with van der Waals surface area (Å²) in [4.78, 5) is 40.8. The van der Waals surface area contributed by atoms with Crippen molar-refractivity contribution in [2.24, 2.45) is 0 Å². The summed E-state index contributed by atoms with van der Waals surface area (Å²) in [6.07, 6.45) is 0.472. The number of rotatable bonds is 7. The van der Waals surface area contributed by atoms with Crippen molar-refractivity contribution in [2.45, 2.75) is 26.3 Å². The maximum absolute atomic E-state index is 12.7. The molecule has 0 saturated heterocycles. The number of thiophene rings is 1. The van der Waals surface area contributed by atoms with Crippen LogP contribution in [0.15, 0.2) is 47.2 Å². The van der Waals surface area contributed by atoms with E-state index in [0.717, 1.165) is 21.5 Å². The average Bonchev–Trinajstić information content (AvgIpc) is 3.40. The molecule has 2 amide bonds. The number of thiazole rings is 1. The molecule has 0 aliphatic carbocycles. The number of nitrogens with zero attached hydrogens (tertiary/aromatic N) is 4. The first-order valence-electron chi connectivity index (χ1n) is 9.71. The summed E-state index contributed by atoms with van der Waals surface area (Å²) < 4.78 is 0. The summed E-state index contributed by atoms with van der Waals surface area (Å²) >= 11 is 2.86. The minimum atomic E-state index is -0.115. The Labute approximate surface area is 187 Å². The smallest absolute Gasteiger partial charge is 0.231 e. The highest BCUT2D eigenvalue weighted by atomic mass is 32.1. The van der Waals surface area contributed by atoms with Gasteiger partial charge in [0.25, 0.3) is 0 Å². The molecule has 0 aliphatic heterocycles. The molecule has 1 aromatic carbocycles. The molecule has 31 heavy (non-hydrogen) atoms. The fourth-order valence-electron chi connectivity index (χ4n) is 3.14. The van der Waals surface area contributed by atoms with Gasteiger partial charge in [-0.25, -0.2) is 15.0 Å². The van der Waals surface area contributed by atoms with Gasteiger partial charge in [0.1, 0.15) is 5.82 Å². The second-order valence-corrected chi connectivity index (χ2v) is 9.01. The van der Waals surface area contributed by atoms with E-state index in [2.05, 4.69) is 20.3 Å². The zero-order valence-corrected chi connectivity index (χ0v) is 18.8. The minimum absolute atomic E-state index is 0.0869. The number of para-hydroxylation sites is 1. The predicted molar refractivity (Wildman–Crippen MR) is 123 cm³/mol. The molecule has 0 fully saturated rings. The van der Waals surface area contributed by atoms with E-state index < -0.39 is 0 Å². The largest absolute Gasteiger partial charge is 0.338 e. The van der Waals surface area contributed by atoms with Crippen LogP contribution < -0.4 is 5.32 Å². The molecule has 4 rings (SSSR count). The quantitative estimate of drug-likeness (QED) is 0.461.